The van der Waals surface area contributed by atoms with Crippen molar-refractivity contribution >= 4 is 9.04 Å². The summed E-state index contributed by atoms with van der Waals surface area (Å²) in [6.07, 6.45) is 0.729. The molecule has 0 rings (SSSR count). The molecule has 14 heavy (non-hydrogen) atoms. The second-order valence-corrected chi connectivity index (χ2v) is 7.34. The standard InChI is InChI=1S/C10H24O3Si/c1-10(2,3)8-9(12-7-6-11)13-14(4)5/h9,11,14H,6-8H2,1-5H3. The second kappa shape index (κ2) is 6.56. The summed E-state index contributed by atoms with van der Waals surface area (Å²) in [5.41, 5.74) is 0.198. The molecule has 0 aromatic heterocycles. The quantitative estimate of drug-likeness (QED) is 0.547. The van der Waals surface area contributed by atoms with Gasteiger partial charge in [0.25, 0.3) is 0 Å². The molecule has 1 unspecified atom stereocenters. The molecule has 86 valence electrons. The Bertz CT molecular complexity index is 143. The van der Waals surface area contributed by atoms with E-state index in [1.165, 1.54) is 0 Å². The Labute approximate surface area is 89.1 Å². The molecule has 0 aromatic rings. The van der Waals surface area contributed by atoms with E-state index in [4.69, 9.17) is 14.3 Å². The van der Waals surface area contributed by atoms with Crippen molar-refractivity contribution in [3.63, 3.8) is 0 Å². The normalized spacial score (nSPS) is 14.8. The van der Waals surface area contributed by atoms with Crippen molar-refractivity contribution in [1.29, 1.82) is 0 Å². The van der Waals surface area contributed by atoms with Crippen LogP contribution in [-0.2, 0) is 9.16 Å². The minimum absolute atomic E-state index is 0.0592. The van der Waals surface area contributed by atoms with E-state index in [1.54, 1.807) is 0 Å². The smallest absolute Gasteiger partial charge is 0.174 e. The molecule has 0 heterocycles. The molecule has 0 bridgehead atoms. The summed E-state index contributed by atoms with van der Waals surface area (Å²) in [5, 5.41) is 8.68. The number of hydrogen-bond donors (Lipinski definition) is 1. The number of rotatable bonds is 6. The molecule has 0 aliphatic rings. The summed E-state index contributed by atoms with van der Waals surface area (Å²) in [6, 6.07) is 0. The molecule has 4 heteroatoms. The van der Waals surface area contributed by atoms with Crippen molar-refractivity contribution in [1.82, 2.24) is 0 Å². The Morgan fingerprint density at radius 1 is 1.29 bits per heavy atom. The van der Waals surface area contributed by atoms with Gasteiger partial charge in [-0.15, -0.1) is 0 Å². The molecule has 0 aliphatic heterocycles. The van der Waals surface area contributed by atoms with Crippen LogP contribution >= 0.6 is 0 Å². The van der Waals surface area contributed by atoms with E-state index >= 15 is 0 Å². The van der Waals surface area contributed by atoms with Gasteiger partial charge in [0.1, 0.15) is 6.29 Å². The average Bonchev–Trinajstić information content (AvgIpc) is 1.96. The highest BCUT2D eigenvalue weighted by molar-refractivity contribution is 6.48. The van der Waals surface area contributed by atoms with Crippen molar-refractivity contribution in [3.8, 4) is 0 Å². The van der Waals surface area contributed by atoms with Gasteiger partial charge < -0.3 is 14.3 Å². The Balaban J connectivity index is 3.97. The second-order valence-electron chi connectivity index (χ2n) is 4.97. The fourth-order valence-corrected chi connectivity index (χ4v) is 1.92. The van der Waals surface area contributed by atoms with Crippen molar-refractivity contribution in [2.45, 2.75) is 46.6 Å². The largest absolute Gasteiger partial charge is 0.396 e. The third-order valence-electron chi connectivity index (χ3n) is 1.60. The van der Waals surface area contributed by atoms with Gasteiger partial charge in [-0.1, -0.05) is 20.8 Å². The van der Waals surface area contributed by atoms with Gasteiger partial charge in [-0.25, -0.2) is 0 Å². The number of ether oxygens (including phenoxy) is 1. The number of aliphatic hydroxyl groups is 1. The highest BCUT2D eigenvalue weighted by Gasteiger charge is 2.20. The lowest BCUT2D eigenvalue weighted by Gasteiger charge is -2.27. The van der Waals surface area contributed by atoms with Crippen LogP contribution < -0.4 is 0 Å². The summed E-state index contributed by atoms with van der Waals surface area (Å²) in [4.78, 5) is 0. The molecule has 0 spiro atoms. The molecular formula is C10H24O3Si. The topological polar surface area (TPSA) is 38.7 Å². The summed E-state index contributed by atoms with van der Waals surface area (Å²) >= 11 is 0. The van der Waals surface area contributed by atoms with E-state index in [1.807, 2.05) is 0 Å². The number of hydrogen-bond acceptors (Lipinski definition) is 3. The molecule has 0 aliphatic carbocycles. The lowest BCUT2D eigenvalue weighted by molar-refractivity contribution is -0.109. The van der Waals surface area contributed by atoms with Gasteiger partial charge in [-0.3, -0.25) is 0 Å². The zero-order valence-electron chi connectivity index (χ0n) is 10.0. The van der Waals surface area contributed by atoms with Crippen molar-refractivity contribution in [2.24, 2.45) is 5.41 Å². The van der Waals surface area contributed by atoms with Crippen LogP contribution in [0.4, 0.5) is 0 Å². The molecule has 0 amide bonds. The van der Waals surface area contributed by atoms with Gasteiger partial charge in [-0.05, 0) is 18.5 Å². The van der Waals surface area contributed by atoms with Crippen LogP contribution in [0.2, 0.25) is 13.1 Å². The Kier molecular flexibility index (Phi) is 6.60. The summed E-state index contributed by atoms with van der Waals surface area (Å²) in [6.45, 7) is 11.1. The first-order valence-corrected chi connectivity index (χ1v) is 8.01. The van der Waals surface area contributed by atoms with E-state index in [-0.39, 0.29) is 18.3 Å². The molecule has 0 aromatic carbocycles. The van der Waals surface area contributed by atoms with Crippen LogP contribution in [0.5, 0.6) is 0 Å². The molecular weight excluding hydrogens is 196 g/mol. The van der Waals surface area contributed by atoms with Crippen molar-refractivity contribution in [2.75, 3.05) is 13.2 Å². The molecule has 3 nitrogen and oxygen atoms in total. The molecule has 0 saturated carbocycles. The van der Waals surface area contributed by atoms with Crippen molar-refractivity contribution in [3.05, 3.63) is 0 Å². The SMILES string of the molecule is C[SiH](C)OC(CC(C)(C)C)OCCO. The highest BCUT2D eigenvalue weighted by Crippen LogP contribution is 2.23. The van der Waals surface area contributed by atoms with Gasteiger partial charge in [0.15, 0.2) is 9.04 Å². The van der Waals surface area contributed by atoms with E-state index in [0.717, 1.165) is 6.42 Å². The molecule has 1 N–H and O–H groups in total. The Morgan fingerprint density at radius 3 is 2.21 bits per heavy atom. The maximum atomic E-state index is 8.68. The zero-order valence-corrected chi connectivity index (χ0v) is 11.2. The first-order chi connectivity index (χ1) is 6.35. The molecule has 0 fully saturated rings. The van der Waals surface area contributed by atoms with E-state index < -0.39 is 9.04 Å². The Hall–Kier alpha value is 0.0969. The predicted octanol–water partition coefficient (Wildman–Crippen LogP) is 1.76. The third kappa shape index (κ3) is 8.68. The average molecular weight is 220 g/mol. The first kappa shape index (κ1) is 14.1. The maximum absolute atomic E-state index is 8.68. The van der Waals surface area contributed by atoms with Crippen LogP contribution in [0.15, 0.2) is 0 Å². The predicted molar refractivity (Wildman–Crippen MR) is 60.9 cm³/mol. The maximum Gasteiger partial charge on any atom is 0.174 e. The van der Waals surface area contributed by atoms with E-state index in [9.17, 15) is 0 Å². The van der Waals surface area contributed by atoms with Crippen LogP contribution in [0.3, 0.4) is 0 Å². The minimum Gasteiger partial charge on any atom is -0.396 e. The summed E-state index contributed by atoms with van der Waals surface area (Å²) in [7, 11) is -1.07. The molecule has 1 atom stereocenters. The van der Waals surface area contributed by atoms with Crippen LogP contribution in [-0.4, -0.2) is 33.7 Å². The fourth-order valence-electron chi connectivity index (χ4n) is 1.13. The van der Waals surface area contributed by atoms with Gasteiger partial charge in [-0.2, -0.15) is 0 Å². The zero-order chi connectivity index (χ0) is 11.2. The molecule has 0 saturated heterocycles. The minimum atomic E-state index is -1.07. The third-order valence-corrected chi connectivity index (χ3v) is 2.45. The molecule has 0 radical (unpaired) electrons. The van der Waals surface area contributed by atoms with Gasteiger partial charge in [0, 0.05) is 6.42 Å². The lowest BCUT2D eigenvalue weighted by Crippen LogP contribution is -2.29. The van der Waals surface area contributed by atoms with Gasteiger partial charge in [0.05, 0.1) is 13.2 Å². The van der Waals surface area contributed by atoms with Crippen molar-refractivity contribution < 1.29 is 14.3 Å². The highest BCUT2D eigenvalue weighted by atomic mass is 28.3. The van der Waals surface area contributed by atoms with Crippen LogP contribution in [0, 0.1) is 5.41 Å². The van der Waals surface area contributed by atoms with Crippen LogP contribution in [0.25, 0.3) is 0 Å². The van der Waals surface area contributed by atoms with E-state index in [0.29, 0.717) is 6.61 Å². The van der Waals surface area contributed by atoms with Gasteiger partial charge in [0.2, 0.25) is 0 Å². The first-order valence-electron chi connectivity index (χ1n) is 5.23. The number of aliphatic hydroxyl groups excluding tert-OH is 1. The van der Waals surface area contributed by atoms with E-state index in [2.05, 4.69) is 33.9 Å². The monoisotopic (exact) mass is 220 g/mol. The summed E-state index contributed by atoms with van der Waals surface area (Å²) in [5.74, 6) is 0. The van der Waals surface area contributed by atoms with Crippen LogP contribution in [0.1, 0.15) is 27.2 Å². The fraction of sp³-hybridized carbons (Fsp3) is 1.00. The Morgan fingerprint density at radius 2 is 1.86 bits per heavy atom. The lowest BCUT2D eigenvalue weighted by atomic mass is 9.92. The summed E-state index contributed by atoms with van der Waals surface area (Å²) < 4.78 is 11.2. The van der Waals surface area contributed by atoms with Gasteiger partial charge >= 0.3 is 0 Å².